The predicted octanol–water partition coefficient (Wildman–Crippen LogP) is 0.195. The van der Waals surface area contributed by atoms with Crippen LogP contribution < -0.4 is 5.32 Å². The second-order valence-electron chi connectivity index (χ2n) is 4.17. The first-order chi connectivity index (χ1) is 6.42. The second kappa shape index (κ2) is 4.40. The third-order valence-corrected chi connectivity index (χ3v) is 3.39. The minimum Gasteiger partial charge on any atom is -0.395 e. The minimum atomic E-state index is 0.309. The molecule has 1 heterocycles. The number of rotatable bonds is 2. The van der Waals surface area contributed by atoms with Gasteiger partial charge in [0.2, 0.25) is 0 Å². The molecule has 0 radical (unpaired) electrons. The first-order valence-electron chi connectivity index (χ1n) is 5.50. The molecule has 13 heavy (non-hydrogen) atoms. The zero-order valence-electron chi connectivity index (χ0n) is 8.21. The predicted molar refractivity (Wildman–Crippen MR) is 52.7 cm³/mol. The molecule has 76 valence electrons. The number of aliphatic hydroxyl groups is 1. The molecule has 3 heteroatoms. The Morgan fingerprint density at radius 2 is 2.15 bits per heavy atom. The summed E-state index contributed by atoms with van der Waals surface area (Å²) >= 11 is 0. The molecule has 2 fully saturated rings. The van der Waals surface area contributed by atoms with E-state index in [2.05, 4.69) is 10.2 Å². The van der Waals surface area contributed by atoms with Gasteiger partial charge in [-0.1, -0.05) is 12.8 Å². The van der Waals surface area contributed by atoms with Crippen LogP contribution in [-0.4, -0.2) is 48.3 Å². The van der Waals surface area contributed by atoms with Crippen molar-refractivity contribution in [1.29, 1.82) is 0 Å². The fourth-order valence-corrected chi connectivity index (χ4v) is 2.75. The molecule has 0 spiro atoms. The SMILES string of the molecule is OCCN1CCN[C@H]2CCCC[C@@H]21. The molecule has 2 rings (SSSR count). The zero-order valence-corrected chi connectivity index (χ0v) is 8.21. The Balaban J connectivity index is 1.94. The molecule has 0 aromatic rings. The molecule has 0 unspecified atom stereocenters. The van der Waals surface area contributed by atoms with E-state index in [4.69, 9.17) is 5.11 Å². The van der Waals surface area contributed by atoms with Crippen molar-refractivity contribution in [1.82, 2.24) is 10.2 Å². The van der Waals surface area contributed by atoms with Crippen LogP contribution in [-0.2, 0) is 0 Å². The third kappa shape index (κ3) is 2.03. The van der Waals surface area contributed by atoms with Gasteiger partial charge in [-0.2, -0.15) is 0 Å². The van der Waals surface area contributed by atoms with Crippen molar-refractivity contribution in [3.63, 3.8) is 0 Å². The monoisotopic (exact) mass is 184 g/mol. The van der Waals surface area contributed by atoms with E-state index in [1.807, 2.05) is 0 Å². The first kappa shape index (κ1) is 9.44. The highest BCUT2D eigenvalue weighted by molar-refractivity contribution is 4.91. The van der Waals surface area contributed by atoms with Gasteiger partial charge in [0.15, 0.2) is 0 Å². The van der Waals surface area contributed by atoms with Crippen LogP contribution in [0.1, 0.15) is 25.7 Å². The van der Waals surface area contributed by atoms with Gasteiger partial charge in [0, 0.05) is 31.7 Å². The molecule has 2 aliphatic rings. The van der Waals surface area contributed by atoms with Crippen molar-refractivity contribution in [2.75, 3.05) is 26.2 Å². The first-order valence-corrected chi connectivity index (χ1v) is 5.50. The Hall–Kier alpha value is -0.120. The highest BCUT2D eigenvalue weighted by Crippen LogP contribution is 2.24. The Morgan fingerprint density at radius 1 is 1.31 bits per heavy atom. The highest BCUT2D eigenvalue weighted by atomic mass is 16.3. The van der Waals surface area contributed by atoms with Gasteiger partial charge in [-0.3, -0.25) is 4.90 Å². The number of piperazine rings is 1. The number of fused-ring (bicyclic) bond motifs is 1. The van der Waals surface area contributed by atoms with Crippen molar-refractivity contribution in [2.45, 2.75) is 37.8 Å². The lowest BCUT2D eigenvalue weighted by Gasteiger charge is -2.44. The molecule has 1 saturated carbocycles. The van der Waals surface area contributed by atoms with E-state index in [-0.39, 0.29) is 0 Å². The fraction of sp³-hybridized carbons (Fsp3) is 1.00. The zero-order chi connectivity index (χ0) is 9.10. The van der Waals surface area contributed by atoms with E-state index in [0.717, 1.165) is 19.6 Å². The van der Waals surface area contributed by atoms with Gasteiger partial charge in [0.1, 0.15) is 0 Å². The molecular weight excluding hydrogens is 164 g/mol. The van der Waals surface area contributed by atoms with Gasteiger partial charge in [0.25, 0.3) is 0 Å². The maximum absolute atomic E-state index is 8.95. The van der Waals surface area contributed by atoms with Crippen molar-refractivity contribution in [3.05, 3.63) is 0 Å². The molecule has 0 aromatic carbocycles. The number of nitrogens with one attached hydrogen (secondary N) is 1. The van der Waals surface area contributed by atoms with E-state index in [1.165, 1.54) is 25.7 Å². The maximum Gasteiger partial charge on any atom is 0.0558 e. The summed E-state index contributed by atoms with van der Waals surface area (Å²) in [5, 5.41) is 12.5. The van der Waals surface area contributed by atoms with Gasteiger partial charge in [-0.05, 0) is 12.8 Å². The largest absolute Gasteiger partial charge is 0.395 e. The quantitative estimate of drug-likeness (QED) is 0.643. The van der Waals surface area contributed by atoms with Crippen molar-refractivity contribution in [2.24, 2.45) is 0 Å². The summed E-state index contributed by atoms with van der Waals surface area (Å²) in [6, 6.07) is 1.41. The number of hydrogen-bond donors (Lipinski definition) is 2. The number of nitrogens with zero attached hydrogens (tertiary/aromatic N) is 1. The lowest BCUT2D eigenvalue weighted by molar-refractivity contribution is 0.0709. The van der Waals surface area contributed by atoms with E-state index in [0.29, 0.717) is 18.7 Å². The van der Waals surface area contributed by atoms with E-state index < -0.39 is 0 Å². The van der Waals surface area contributed by atoms with Gasteiger partial charge >= 0.3 is 0 Å². The molecule has 1 saturated heterocycles. The molecule has 1 aliphatic heterocycles. The number of β-amino-alcohol motifs (C(OH)–C–C–N with tert-alkyl or cyclic N) is 1. The van der Waals surface area contributed by atoms with Crippen LogP contribution >= 0.6 is 0 Å². The average molecular weight is 184 g/mol. The maximum atomic E-state index is 8.95. The van der Waals surface area contributed by atoms with E-state index >= 15 is 0 Å². The Morgan fingerprint density at radius 3 is 3.00 bits per heavy atom. The summed E-state index contributed by atoms with van der Waals surface area (Å²) in [4.78, 5) is 2.46. The van der Waals surface area contributed by atoms with Crippen LogP contribution in [0.15, 0.2) is 0 Å². The summed E-state index contributed by atoms with van der Waals surface area (Å²) in [5.41, 5.74) is 0. The Kier molecular flexibility index (Phi) is 3.19. The normalized spacial score (nSPS) is 35.8. The third-order valence-electron chi connectivity index (χ3n) is 3.39. The molecule has 2 atom stereocenters. The molecule has 0 aromatic heterocycles. The van der Waals surface area contributed by atoms with E-state index in [9.17, 15) is 0 Å². The number of hydrogen-bond acceptors (Lipinski definition) is 3. The van der Waals surface area contributed by atoms with E-state index in [1.54, 1.807) is 0 Å². The summed E-state index contributed by atoms with van der Waals surface area (Å²) < 4.78 is 0. The highest BCUT2D eigenvalue weighted by Gasteiger charge is 2.32. The summed E-state index contributed by atoms with van der Waals surface area (Å²) in [5.74, 6) is 0. The van der Waals surface area contributed by atoms with Gasteiger partial charge in [-0.15, -0.1) is 0 Å². The topological polar surface area (TPSA) is 35.5 Å². The summed E-state index contributed by atoms with van der Waals surface area (Å²) in [6.07, 6.45) is 5.39. The van der Waals surface area contributed by atoms with Crippen LogP contribution in [0.3, 0.4) is 0 Å². The molecule has 0 bridgehead atoms. The summed E-state index contributed by atoms with van der Waals surface area (Å²) in [7, 11) is 0. The minimum absolute atomic E-state index is 0.309. The summed E-state index contributed by atoms with van der Waals surface area (Å²) in [6.45, 7) is 3.38. The standard InChI is InChI=1S/C10H20N2O/c13-8-7-12-6-5-11-9-3-1-2-4-10(9)12/h9-11,13H,1-8H2/t9-,10-/m0/s1. The van der Waals surface area contributed by atoms with Crippen molar-refractivity contribution in [3.8, 4) is 0 Å². The van der Waals surface area contributed by atoms with Gasteiger partial charge < -0.3 is 10.4 Å². The van der Waals surface area contributed by atoms with Crippen molar-refractivity contribution < 1.29 is 5.11 Å². The lowest BCUT2D eigenvalue weighted by Crippen LogP contribution is -2.59. The van der Waals surface area contributed by atoms with Crippen LogP contribution in [0, 0.1) is 0 Å². The van der Waals surface area contributed by atoms with Crippen LogP contribution in [0.2, 0.25) is 0 Å². The smallest absolute Gasteiger partial charge is 0.0558 e. The van der Waals surface area contributed by atoms with Gasteiger partial charge in [0.05, 0.1) is 6.61 Å². The average Bonchev–Trinajstić information content (AvgIpc) is 2.19. The van der Waals surface area contributed by atoms with Crippen LogP contribution in [0.25, 0.3) is 0 Å². The Bertz CT molecular complexity index is 159. The number of aliphatic hydroxyl groups excluding tert-OH is 1. The van der Waals surface area contributed by atoms with Crippen LogP contribution in [0.4, 0.5) is 0 Å². The second-order valence-corrected chi connectivity index (χ2v) is 4.17. The molecular formula is C10H20N2O. The lowest BCUT2D eigenvalue weighted by atomic mass is 9.87. The van der Waals surface area contributed by atoms with Gasteiger partial charge in [-0.25, -0.2) is 0 Å². The molecule has 1 aliphatic carbocycles. The van der Waals surface area contributed by atoms with Crippen LogP contribution in [0.5, 0.6) is 0 Å². The molecule has 2 N–H and O–H groups in total. The molecule has 3 nitrogen and oxygen atoms in total. The fourth-order valence-electron chi connectivity index (χ4n) is 2.75. The Labute approximate surface area is 80.1 Å². The molecule has 0 amide bonds. The van der Waals surface area contributed by atoms with Crippen molar-refractivity contribution >= 4 is 0 Å².